The summed E-state index contributed by atoms with van der Waals surface area (Å²) in [5.41, 5.74) is 5.65. The molecule has 2 N–H and O–H groups in total. The van der Waals surface area contributed by atoms with E-state index in [4.69, 9.17) is 5.73 Å². The van der Waals surface area contributed by atoms with Gasteiger partial charge in [0.1, 0.15) is 0 Å². The molecule has 0 spiro atoms. The molecule has 0 bridgehead atoms. The summed E-state index contributed by atoms with van der Waals surface area (Å²) in [5.74, 6) is 0.770. The first-order valence-corrected chi connectivity index (χ1v) is 8.48. The van der Waals surface area contributed by atoms with Gasteiger partial charge in [0.25, 0.3) is 0 Å². The lowest BCUT2D eigenvalue weighted by atomic mass is 9.94. The molecule has 2 amide bonds. The normalized spacial score (nSPS) is 22.0. The van der Waals surface area contributed by atoms with E-state index in [1.165, 1.54) is 32.1 Å². The topological polar surface area (TPSA) is 49.6 Å². The molecule has 20 heavy (non-hydrogen) atoms. The predicted octanol–water partition coefficient (Wildman–Crippen LogP) is 2.82. The quantitative estimate of drug-likeness (QED) is 0.861. The summed E-state index contributed by atoms with van der Waals surface area (Å²) in [4.78, 5) is 17.0. The Hall–Kier alpha value is -0.770. The van der Waals surface area contributed by atoms with Gasteiger partial charge in [0.2, 0.25) is 0 Å². The largest absolute Gasteiger partial charge is 0.330 e. The van der Waals surface area contributed by atoms with Crippen molar-refractivity contribution in [2.24, 2.45) is 11.7 Å². The van der Waals surface area contributed by atoms with Crippen molar-refractivity contribution in [2.75, 3.05) is 26.2 Å². The Morgan fingerprint density at radius 3 is 2.40 bits per heavy atom. The molecular weight excluding hydrogens is 250 g/mol. The van der Waals surface area contributed by atoms with Gasteiger partial charge in [0, 0.05) is 25.7 Å². The van der Waals surface area contributed by atoms with Crippen LogP contribution < -0.4 is 5.73 Å². The first-order valence-electron chi connectivity index (χ1n) is 8.48. The van der Waals surface area contributed by atoms with Gasteiger partial charge in [0.15, 0.2) is 0 Å². The standard InChI is InChI=1S/C16H31N3O/c1-14-8-12-18(13-9-14)16(20)19(11-5-10-17)15-6-3-2-4-7-15/h14-15H,2-13,17H2,1H3. The summed E-state index contributed by atoms with van der Waals surface area (Å²) in [6, 6.07) is 0.736. The molecule has 1 heterocycles. The van der Waals surface area contributed by atoms with Gasteiger partial charge in [-0.25, -0.2) is 4.79 Å². The molecule has 116 valence electrons. The minimum atomic E-state index is 0.275. The van der Waals surface area contributed by atoms with Crippen LogP contribution in [0.4, 0.5) is 4.79 Å². The van der Waals surface area contributed by atoms with E-state index in [-0.39, 0.29) is 6.03 Å². The highest BCUT2D eigenvalue weighted by Crippen LogP contribution is 2.25. The smallest absolute Gasteiger partial charge is 0.320 e. The number of urea groups is 1. The third kappa shape index (κ3) is 4.11. The van der Waals surface area contributed by atoms with E-state index < -0.39 is 0 Å². The van der Waals surface area contributed by atoms with Gasteiger partial charge in [-0.2, -0.15) is 0 Å². The number of hydrogen-bond acceptors (Lipinski definition) is 2. The van der Waals surface area contributed by atoms with Gasteiger partial charge in [-0.15, -0.1) is 0 Å². The number of carbonyl (C=O) groups excluding carboxylic acids is 1. The Labute approximate surface area is 123 Å². The maximum atomic E-state index is 12.8. The van der Waals surface area contributed by atoms with Gasteiger partial charge >= 0.3 is 6.03 Å². The number of nitrogens with zero attached hydrogens (tertiary/aromatic N) is 2. The molecule has 1 aliphatic carbocycles. The van der Waals surface area contributed by atoms with E-state index in [0.29, 0.717) is 12.6 Å². The summed E-state index contributed by atoms with van der Waals surface area (Å²) in [6.07, 6.45) is 9.47. The molecule has 0 atom stereocenters. The molecular formula is C16H31N3O. The Bertz CT molecular complexity index is 294. The number of nitrogens with two attached hydrogens (primary N) is 1. The molecule has 4 heteroatoms. The van der Waals surface area contributed by atoms with Crippen molar-refractivity contribution in [3.63, 3.8) is 0 Å². The fraction of sp³-hybridized carbons (Fsp3) is 0.938. The summed E-state index contributed by atoms with van der Waals surface area (Å²) >= 11 is 0. The molecule has 1 saturated heterocycles. The minimum Gasteiger partial charge on any atom is -0.330 e. The summed E-state index contributed by atoms with van der Waals surface area (Å²) in [7, 11) is 0. The van der Waals surface area contributed by atoms with Gasteiger partial charge in [-0.05, 0) is 44.6 Å². The highest BCUT2D eigenvalue weighted by Gasteiger charge is 2.29. The maximum Gasteiger partial charge on any atom is 0.320 e. The van der Waals surface area contributed by atoms with Crippen LogP contribution >= 0.6 is 0 Å². The highest BCUT2D eigenvalue weighted by atomic mass is 16.2. The molecule has 0 unspecified atom stereocenters. The highest BCUT2D eigenvalue weighted by molar-refractivity contribution is 5.75. The lowest BCUT2D eigenvalue weighted by Crippen LogP contribution is -2.51. The fourth-order valence-corrected chi connectivity index (χ4v) is 3.47. The molecule has 0 radical (unpaired) electrons. The SMILES string of the molecule is CC1CCN(C(=O)N(CCCN)C2CCCCC2)CC1. The van der Waals surface area contributed by atoms with Crippen LogP contribution in [0.25, 0.3) is 0 Å². The Morgan fingerprint density at radius 2 is 1.80 bits per heavy atom. The monoisotopic (exact) mass is 281 g/mol. The van der Waals surface area contributed by atoms with Crippen LogP contribution in [0, 0.1) is 5.92 Å². The van der Waals surface area contributed by atoms with Crippen LogP contribution in [0.2, 0.25) is 0 Å². The van der Waals surface area contributed by atoms with E-state index in [1.54, 1.807) is 0 Å². The molecule has 2 fully saturated rings. The zero-order valence-electron chi connectivity index (χ0n) is 13.0. The van der Waals surface area contributed by atoms with Crippen LogP contribution in [0.5, 0.6) is 0 Å². The number of rotatable bonds is 4. The van der Waals surface area contributed by atoms with E-state index in [2.05, 4.69) is 16.7 Å². The minimum absolute atomic E-state index is 0.275. The average molecular weight is 281 g/mol. The molecule has 1 saturated carbocycles. The predicted molar refractivity (Wildman–Crippen MR) is 82.6 cm³/mol. The van der Waals surface area contributed by atoms with Crippen LogP contribution in [0.3, 0.4) is 0 Å². The second-order valence-corrected chi connectivity index (χ2v) is 6.58. The van der Waals surface area contributed by atoms with Crippen LogP contribution in [-0.2, 0) is 0 Å². The molecule has 2 aliphatic rings. The molecule has 1 aliphatic heterocycles. The van der Waals surface area contributed by atoms with Crippen LogP contribution in [0.15, 0.2) is 0 Å². The van der Waals surface area contributed by atoms with E-state index >= 15 is 0 Å². The van der Waals surface area contributed by atoms with Crippen molar-refractivity contribution in [3.05, 3.63) is 0 Å². The first-order chi connectivity index (χ1) is 9.72. The van der Waals surface area contributed by atoms with Crippen molar-refractivity contribution in [2.45, 2.75) is 64.3 Å². The van der Waals surface area contributed by atoms with Crippen molar-refractivity contribution < 1.29 is 4.79 Å². The lowest BCUT2D eigenvalue weighted by Gasteiger charge is -2.40. The van der Waals surface area contributed by atoms with E-state index in [0.717, 1.165) is 44.8 Å². The van der Waals surface area contributed by atoms with Gasteiger partial charge in [0.05, 0.1) is 0 Å². The van der Waals surface area contributed by atoms with E-state index in [1.807, 2.05) is 0 Å². The zero-order chi connectivity index (χ0) is 14.4. The number of amides is 2. The number of piperidine rings is 1. The van der Waals surface area contributed by atoms with Gasteiger partial charge in [-0.3, -0.25) is 0 Å². The van der Waals surface area contributed by atoms with Gasteiger partial charge in [-0.1, -0.05) is 26.2 Å². The zero-order valence-corrected chi connectivity index (χ0v) is 13.0. The number of likely N-dealkylation sites (tertiary alicyclic amines) is 1. The molecule has 0 aromatic rings. The van der Waals surface area contributed by atoms with Crippen LogP contribution in [0.1, 0.15) is 58.3 Å². The summed E-state index contributed by atoms with van der Waals surface area (Å²) < 4.78 is 0. The van der Waals surface area contributed by atoms with Crippen LogP contribution in [-0.4, -0.2) is 48.1 Å². The first kappa shape index (κ1) is 15.6. The Balaban J connectivity index is 1.95. The Kier molecular flexibility index (Phi) is 6.14. The molecule has 0 aromatic heterocycles. The second-order valence-electron chi connectivity index (χ2n) is 6.58. The van der Waals surface area contributed by atoms with Crippen molar-refractivity contribution in [1.29, 1.82) is 0 Å². The second kappa shape index (κ2) is 7.87. The maximum absolute atomic E-state index is 12.8. The number of carbonyl (C=O) groups is 1. The lowest BCUT2D eigenvalue weighted by molar-refractivity contribution is 0.106. The van der Waals surface area contributed by atoms with Crippen molar-refractivity contribution >= 4 is 6.03 Å². The summed E-state index contributed by atoms with van der Waals surface area (Å²) in [6.45, 7) is 5.67. The van der Waals surface area contributed by atoms with Crippen molar-refractivity contribution in [3.8, 4) is 0 Å². The average Bonchev–Trinajstić information content (AvgIpc) is 2.49. The third-order valence-corrected chi connectivity index (χ3v) is 4.92. The Morgan fingerprint density at radius 1 is 1.15 bits per heavy atom. The number of hydrogen-bond donors (Lipinski definition) is 1. The third-order valence-electron chi connectivity index (χ3n) is 4.92. The molecule has 2 rings (SSSR count). The summed E-state index contributed by atoms with van der Waals surface area (Å²) in [5, 5.41) is 0. The van der Waals surface area contributed by atoms with Crippen molar-refractivity contribution in [1.82, 2.24) is 9.80 Å². The molecule has 4 nitrogen and oxygen atoms in total. The van der Waals surface area contributed by atoms with Gasteiger partial charge < -0.3 is 15.5 Å². The molecule has 0 aromatic carbocycles. The fourth-order valence-electron chi connectivity index (χ4n) is 3.47. The van der Waals surface area contributed by atoms with E-state index in [9.17, 15) is 4.79 Å².